The van der Waals surface area contributed by atoms with Gasteiger partial charge < -0.3 is 10.0 Å². The van der Waals surface area contributed by atoms with Gasteiger partial charge in [0.2, 0.25) is 0 Å². The van der Waals surface area contributed by atoms with Gasteiger partial charge in [-0.05, 0) is 61.1 Å². The minimum atomic E-state index is -4.44. The Morgan fingerprint density at radius 3 is 2.44 bits per heavy atom. The molecule has 0 saturated carbocycles. The molecular formula is C21H22ClF3N4O3. The number of hydrogen-bond donors (Lipinski definition) is 1. The average molecular weight is 471 g/mol. The lowest BCUT2D eigenvalue weighted by molar-refractivity contribution is -0.137. The van der Waals surface area contributed by atoms with Crippen molar-refractivity contribution in [2.45, 2.75) is 32.0 Å². The Bertz CT molecular complexity index is 1030. The van der Waals surface area contributed by atoms with Gasteiger partial charge in [-0.1, -0.05) is 11.6 Å². The van der Waals surface area contributed by atoms with E-state index >= 15 is 0 Å². The Hall–Kier alpha value is -2.59. The smallest absolute Gasteiger partial charge is 0.416 e. The number of carbonyl (C=O) groups excluding carboxylic acids is 1. The Morgan fingerprint density at radius 2 is 1.81 bits per heavy atom. The standard InChI is InChI=1S/C21H22ClF3N4O3/c22-16-10-14(9-15(11-16)21(23,24)25)12-27-6-2-20(13-27)3-7-28(8-4-20)19(32)29-5-1-17(26-29)18(30)31/h1,5,9-11H,2-4,6-8,12-13H2,(H,30,31). The van der Waals surface area contributed by atoms with Crippen molar-refractivity contribution >= 4 is 23.6 Å². The van der Waals surface area contributed by atoms with E-state index in [1.165, 1.54) is 12.3 Å². The maximum Gasteiger partial charge on any atom is 0.416 e. The van der Waals surface area contributed by atoms with Crippen LogP contribution in [0.25, 0.3) is 0 Å². The Kier molecular flexibility index (Phi) is 5.93. The van der Waals surface area contributed by atoms with Crippen LogP contribution in [0.3, 0.4) is 0 Å². The van der Waals surface area contributed by atoms with E-state index < -0.39 is 17.7 Å². The Labute approximate surface area is 187 Å². The Balaban J connectivity index is 1.35. The third-order valence-electron chi connectivity index (χ3n) is 6.31. The number of aromatic nitrogens is 2. The number of likely N-dealkylation sites (tertiary alicyclic amines) is 2. The summed E-state index contributed by atoms with van der Waals surface area (Å²) in [7, 11) is 0. The van der Waals surface area contributed by atoms with E-state index in [1.807, 2.05) is 0 Å². The van der Waals surface area contributed by atoms with Crippen LogP contribution < -0.4 is 0 Å². The molecule has 2 fully saturated rings. The summed E-state index contributed by atoms with van der Waals surface area (Å²) in [6.45, 7) is 2.94. The lowest BCUT2D eigenvalue weighted by Gasteiger charge is -2.39. The molecule has 2 aliphatic heterocycles. The molecule has 3 heterocycles. The molecule has 0 aliphatic carbocycles. The molecule has 1 N–H and O–H groups in total. The average Bonchev–Trinajstić information content (AvgIpc) is 3.35. The Morgan fingerprint density at radius 1 is 1.12 bits per heavy atom. The van der Waals surface area contributed by atoms with Gasteiger partial charge in [0.25, 0.3) is 0 Å². The number of carbonyl (C=O) groups is 2. The minimum absolute atomic E-state index is 0.0125. The summed E-state index contributed by atoms with van der Waals surface area (Å²) in [5.74, 6) is -1.19. The van der Waals surface area contributed by atoms with E-state index in [9.17, 15) is 22.8 Å². The summed E-state index contributed by atoms with van der Waals surface area (Å²) in [5, 5.41) is 12.8. The summed E-state index contributed by atoms with van der Waals surface area (Å²) in [6.07, 6.45) is -0.650. The number of halogens is 4. The quantitative estimate of drug-likeness (QED) is 0.727. The van der Waals surface area contributed by atoms with E-state index in [1.54, 1.807) is 11.0 Å². The first kappa shape index (κ1) is 22.6. The van der Waals surface area contributed by atoms with Gasteiger partial charge in [-0.15, -0.1) is 0 Å². The van der Waals surface area contributed by atoms with Gasteiger partial charge in [-0.25, -0.2) is 9.59 Å². The normalized spacial score (nSPS) is 18.9. The highest BCUT2D eigenvalue weighted by molar-refractivity contribution is 6.30. The minimum Gasteiger partial charge on any atom is -0.476 e. The number of alkyl halides is 3. The van der Waals surface area contributed by atoms with E-state index in [0.29, 0.717) is 25.2 Å². The fraction of sp³-hybridized carbons (Fsp3) is 0.476. The van der Waals surface area contributed by atoms with Crippen LogP contribution in [-0.2, 0) is 12.7 Å². The molecule has 2 aromatic rings. The van der Waals surface area contributed by atoms with Crippen molar-refractivity contribution < 1.29 is 27.9 Å². The van der Waals surface area contributed by atoms with Gasteiger partial charge in [0.05, 0.1) is 5.56 Å². The fourth-order valence-electron chi connectivity index (χ4n) is 4.60. The highest BCUT2D eigenvalue weighted by Gasteiger charge is 2.41. The molecule has 0 radical (unpaired) electrons. The predicted octanol–water partition coefficient (Wildman–Crippen LogP) is 4.21. The third-order valence-corrected chi connectivity index (χ3v) is 6.53. The number of carboxylic acids is 1. The highest BCUT2D eigenvalue weighted by Crippen LogP contribution is 2.41. The summed E-state index contributed by atoms with van der Waals surface area (Å²) in [5.41, 5.74) is -0.390. The molecule has 1 spiro atoms. The number of benzene rings is 1. The molecule has 2 saturated heterocycles. The van der Waals surface area contributed by atoms with Gasteiger partial charge in [-0.2, -0.15) is 23.0 Å². The number of piperidine rings is 1. The van der Waals surface area contributed by atoms with Crippen LogP contribution in [-0.4, -0.2) is 62.9 Å². The largest absolute Gasteiger partial charge is 0.476 e. The zero-order chi connectivity index (χ0) is 23.1. The van der Waals surface area contributed by atoms with Crippen LogP contribution in [0.15, 0.2) is 30.5 Å². The van der Waals surface area contributed by atoms with Crippen LogP contribution in [0, 0.1) is 5.41 Å². The van der Waals surface area contributed by atoms with E-state index in [0.717, 1.165) is 49.2 Å². The topological polar surface area (TPSA) is 78.7 Å². The SMILES string of the molecule is O=C(O)c1ccn(C(=O)N2CCC3(CCN(Cc4cc(Cl)cc(C(F)(F)F)c4)C3)CC2)n1. The van der Waals surface area contributed by atoms with E-state index in [-0.39, 0.29) is 22.2 Å². The van der Waals surface area contributed by atoms with Gasteiger partial charge >= 0.3 is 18.2 Å². The molecule has 32 heavy (non-hydrogen) atoms. The molecule has 0 unspecified atom stereocenters. The van der Waals surface area contributed by atoms with Crippen LogP contribution >= 0.6 is 11.6 Å². The van der Waals surface area contributed by atoms with Crippen LogP contribution in [0.2, 0.25) is 5.02 Å². The fourth-order valence-corrected chi connectivity index (χ4v) is 4.85. The van der Waals surface area contributed by atoms with Crippen molar-refractivity contribution in [3.8, 4) is 0 Å². The van der Waals surface area contributed by atoms with Gasteiger partial charge in [-0.3, -0.25) is 4.90 Å². The monoisotopic (exact) mass is 470 g/mol. The molecule has 0 atom stereocenters. The predicted molar refractivity (Wildman–Crippen MR) is 110 cm³/mol. The van der Waals surface area contributed by atoms with Crippen LogP contribution in [0.4, 0.5) is 18.0 Å². The number of nitrogens with zero attached hydrogens (tertiary/aromatic N) is 4. The van der Waals surface area contributed by atoms with E-state index in [4.69, 9.17) is 16.7 Å². The molecule has 1 aromatic carbocycles. The zero-order valence-electron chi connectivity index (χ0n) is 17.1. The van der Waals surface area contributed by atoms with Crippen molar-refractivity contribution in [1.82, 2.24) is 19.6 Å². The molecule has 2 aliphatic rings. The van der Waals surface area contributed by atoms with Crippen molar-refractivity contribution in [2.75, 3.05) is 26.2 Å². The lowest BCUT2D eigenvalue weighted by Crippen LogP contribution is -2.45. The summed E-state index contributed by atoms with van der Waals surface area (Å²) < 4.78 is 40.3. The number of aromatic carboxylic acids is 1. The highest BCUT2D eigenvalue weighted by atomic mass is 35.5. The first-order valence-corrected chi connectivity index (χ1v) is 10.6. The number of amides is 1. The molecule has 1 amide bonds. The molecule has 1 aromatic heterocycles. The van der Waals surface area contributed by atoms with Crippen molar-refractivity contribution in [1.29, 1.82) is 0 Å². The summed E-state index contributed by atoms with van der Waals surface area (Å²) in [6, 6.07) is 4.57. The second-order valence-electron chi connectivity index (χ2n) is 8.53. The lowest BCUT2D eigenvalue weighted by atomic mass is 9.78. The van der Waals surface area contributed by atoms with Gasteiger partial charge in [0.15, 0.2) is 5.69 Å². The van der Waals surface area contributed by atoms with Crippen LogP contribution in [0.5, 0.6) is 0 Å². The molecule has 172 valence electrons. The first-order valence-electron chi connectivity index (χ1n) is 10.2. The molecule has 0 bridgehead atoms. The first-order chi connectivity index (χ1) is 15.0. The molecular weight excluding hydrogens is 449 g/mol. The summed E-state index contributed by atoms with van der Waals surface area (Å²) >= 11 is 5.90. The summed E-state index contributed by atoms with van der Waals surface area (Å²) in [4.78, 5) is 27.4. The van der Waals surface area contributed by atoms with Crippen molar-refractivity contribution in [2.24, 2.45) is 5.41 Å². The van der Waals surface area contributed by atoms with Gasteiger partial charge in [0, 0.05) is 37.4 Å². The number of hydrogen-bond acceptors (Lipinski definition) is 4. The third kappa shape index (κ3) is 4.75. The van der Waals surface area contributed by atoms with Crippen molar-refractivity contribution in [3.05, 3.63) is 52.3 Å². The van der Waals surface area contributed by atoms with Crippen LogP contribution in [0.1, 0.15) is 40.9 Å². The van der Waals surface area contributed by atoms with E-state index in [2.05, 4.69) is 10.00 Å². The maximum absolute atomic E-state index is 13.1. The number of rotatable bonds is 3. The van der Waals surface area contributed by atoms with Crippen molar-refractivity contribution in [3.63, 3.8) is 0 Å². The molecule has 11 heteroatoms. The number of carboxylic acid groups (broad SMARTS) is 1. The second kappa shape index (κ2) is 8.40. The van der Waals surface area contributed by atoms with Gasteiger partial charge in [0.1, 0.15) is 0 Å². The zero-order valence-corrected chi connectivity index (χ0v) is 17.9. The maximum atomic E-state index is 13.1. The molecule has 7 nitrogen and oxygen atoms in total. The molecule has 4 rings (SSSR count). The second-order valence-corrected chi connectivity index (χ2v) is 8.96.